The molecule has 1 heterocycles. The van der Waals surface area contributed by atoms with Crippen LogP contribution in [-0.4, -0.2) is 31.1 Å². The van der Waals surface area contributed by atoms with Crippen LogP contribution in [0.3, 0.4) is 0 Å². The maximum absolute atomic E-state index is 3.57. The van der Waals surface area contributed by atoms with Crippen LogP contribution < -0.4 is 5.32 Å². The summed E-state index contributed by atoms with van der Waals surface area (Å²) < 4.78 is 0. The van der Waals surface area contributed by atoms with Crippen LogP contribution in [0.25, 0.3) is 0 Å². The fraction of sp³-hybridized carbons (Fsp3) is 0.667. The minimum absolute atomic E-state index is 0.778. The van der Waals surface area contributed by atoms with E-state index in [1.54, 1.807) is 0 Å². The largest absolute Gasteiger partial charge is 0.385 e. The van der Waals surface area contributed by atoms with Crippen molar-refractivity contribution in [2.24, 2.45) is 0 Å². The van der Waals surface area contributed by atoms with Crippen LogP contribution >= 0.6 is 0 Å². The molecule has 0 aliphatic carbocycles. The molecule has 1 saturated heterocycles. The Bertz CT molecular complexity index is 372. The van der Waals surface area contributed by atoms with Gasteiger partial charge in [-0.25, -0.2) is 0 Å². The van der Waals surface area contributed by atoms with E-state index in [4.69, 9.17) is 0 Å². The Kier molecular flexibility index (Phi) is 6.38. The molecule has 2 rings (SSSR count). The first-order valence-electron chi connectivity index (χ1n) is 8.32. The Labute approximate surface area is 124 Å². The van der Waals surface area contributed by atoms with Crippen LogP contribution in [0.15, 0.2) is 24.3 Å². The second-order valence-electron chi connectivity index (χ2n) is 6.15. The van der Waals surface area contributed by atoms with Crippen LogP contribution in [0, 0.1) is 0 Å². The van der Waals surface area contributed by atoms with Gasteiger partial charge in [0.2, 0.25) is 0 Å². The predicted molar refractivity (Wildman–Crippen MR) is 88.4 cm³/mol. The second-order valence-corrected chi connectivity index (χ2v) is 6.15. The maximum atomic E-state index is 3.57. The Morgan fingerprint density at radius 1 is 1.20 bits per heavy atom. The molecule has 2 heteroatoms. The van der Waals surface area contributed by atoms with E-state index >= 15 is 0 Å². The molecule has 20 heavy (non-hydrogen) atoms. The number of hydrogen-bond donors (Lipinski definition) is 1. The van der Waals surface area contributed by atoms with E-state index in [1.165, 1.54) is 62.7 Å². The van der Waals surface area contributed by atoms with Gasteiger partial charge in [-0.3, -0.25) is 0 Å². The van der Waals surface area contributed by atoms with Crippen molar-refractivity contribution in [3.63, 3.8) is 0 Å². The monoisotopic (exact) mass is 274 g/mol. The van der Waals surface area contributed by atoms with Crippen molar-refractivity contribution in [3.05, 3.63) is 29.8 Å². The highest BCUT2D eigenvalue weighted by atomic mass is 15.1. The molecule has 112 valence electrons. The summed E-state index contributed by atoms with van der Waals surface area (Å²) in [4.78, 5) is 2.53. The quantitative estimate of drug-likeness (QED) is 0.797. The van der Waals surface area contributed by atoms with Crippen LogP contribution in [0.5, 0.6) is 0 Å². The van der Waals surface area contributed by atoms with Gasteiger partial charge in [0.15, 0.2) is 0 Å². The first kappa shape index (κ1) is 15.4. The van der Waals surface area contributed by atoms with Gasteiger partial charge in [0.25, 0.3) is 0 Å². The average Bonchev–Trinajstić information content (AvgIpc) is 2.48. The number of rotatable bonds is 7. The highest BCUT2D eigenvalue weighted by Gasteiger charge is 2.17. The molecule has 0 bridgehead atoms. The topological polar surface area (TPSA) is 15.3 Å². The molecule has 2 nitrogen and oxygen atoms in total. The molecule has 0 aromatic heterocycles. The number of piperidine rings is 1. The standard InChI is InChI=1S/C18H30N2/c1-3-4-7-16-9-11-17(12-10-16)19-14-13-18-8-5-6-15-20(18)2/h9-12,18-19H,3-8,13-15H2,1-2H3. The van der Waals surface area contributed by atoms with Crippen molar-refractivity contribution in [1.82, 2.24) is 4.90 Å². The molecule has 1 fully saturated rings. The summed E-state index contributed by atoms with van der Waals surface area (Å²) in [6, 6.07) is 9.78. The van der Waals surface area contributed by atoms with E-state index < -0.39 is 0 Å². The molecule has 1 aromatic carbocycles. The second kappa shape index (κ2) is 8.31. The minimum atomic E-state index is 0.778. The van der Waals surface area contributed by atoms with Crippen molar-refractivity contribution in [3.8, 4) is 0 Å². The van der Waals surface area contributed by atoms with E-state index in [-0.39, 0.29) is 0 Å². The van der Waals surface area contributed by atoms with E-state index in [0.717, 1.165) is 12.6 Å². The molecule has 0 spiro atoms. The van der Waals surface area contributed by atoms with Crippen LogP contribution in [0.4, 0.5) is 5.69 Å². The van der Waals surface area contributed by atoms with Gasteiger partial charge in [0, 0.05) is 18.3 Å². The number of anilines is 1. The zero-order chi connectivity index (χ0) is 14.2. The van der Waals surface area contributed by atoms with Gasteiger partial charge < -0.3 is 10.2 Å². The summed E-state index contributed by atoms with van der Waals surface area (Å²) in [5.41, 5.74) is 2.73. The lowest BCUT2D eigenvalue weighted by Gasteiger charge is -2.32. The van der Waals surface area contributed by atoms with E-state index in [2.05, 4.69) is 48.5 Å². The third-order valence-electron chi connectivity index (χ3n) is 4.50. The third-order valence-corrected chi connectivity index (χ3v) is 4.50. The van der Waals surface area contributed by atoms with Crippen molar-refractivity contribution in [1.29, 1.82) is 0 Å². The summed E-state index contributed by atoms with van der Waals surface area (Å²) >= 11 is 0. The summed E-state index contributed by atoms with van der Waals surface area (Å²) in [5.74, 6) is 0. The Morgan fingerprint density at radius 3 is 2.70 bits per heavy atom. The van der Waals surface area contributed by atoms with E-state index in [1.807, 2.05) is 0 Å². The average molecular weight is 274 g/mol. The number of unbranched alkanes of at least 4 members (excludes halogenated alkanes) is 1. The highest BCUT2D eigenvalue weighted by molar-refractivity contribution is 5.44. The Morgan fingerprint density at radius 2 is 2.00 bits per heavy atom. The van der Waals surface area contributed by atoms with Crippen molar-refractivity contribution in [2.75, 3.05) is 25.5 Å². The van der Waals surface area contributed by atoms with Crippen LogP contribution in [0.1, 0.15) is 51.0 Å². The number of nitrogens with one attached hydrogen (secondary N) is 1. The Hall–Kier alpha value is -1.02. The number of nitrogens with zero attached hydrogens (tertiary/aromatic N) is 1. The fourth-order valence-electron chi connectivity index (χ4n) is 3.06. The van der Waals surface area contributed by atoms with Gasteiger partial charge in [0.05, 0.1) is 0 Å². The lowest BCUT2D eigenvalue weighted by atomic mass is 10.00. The van der Waals surface area contributed by atoms with E-state index in [0.29, 0.717) is 0 Å². The smallest absolute Gasteiger partial charge is 0.0340 e. The van der Waals surface area contributed by atoms with Gasteiger partial charge in [-0.15, -0.1) is 0 Å². The SMILES string of the molecule is CCCCc1ccc(NCCC2CCCCN2C)cc1. The lowest BCUT2D eigenvalue weighted by Crippen LogP contribution is -2.37. The van der Waals surface area contributed by atoms with Crippen LogP contribution in [-0.2, 0) is 6.42 Å². The van der Waals surface area contributed by atoms with Gasteiger partial charge in [-0.05, 0) is 63.4 Å². The summed E-state index contributed by atoms with van der Waals surface area (Å²) in [5, 5.41) is 3.57. The molecule has 1 aromatic rings. The first-order chi connectivity index (χ1) is 9.79. The van der Waals surface area contributed by atoms with Crippen molar-refractivity contribution < 1.29 is 0 Å². The zero-order valence-electron chi connectivity index (χ0n) is 13.2. The molecule has 0 radical (unpaired) electrons. The summed E-state index contributed by atoms with van der Waals surface area (Å²) in [6.45, 7) is 4.61. The number of benzene rings is 1. The van der Waals surface area contributed by atoms with Gasteiger partial charge >= 0.3 is 0 Å². The molecule has 1 N–H and O–H groups in total. The fourth-order valence-corrected chi connectivity index (χ4v) is 3.06. The molecule has 1 aliphatic heterocycles. The van der Waals surface area contributed by atoms with Gasteiger partial charge in [-0.2, -0.15) is 0 Å². The number of aryl methyl sites for hydroxylation is 1. The van der Waals surface area contributed by atoms with Gasteiger partial charge in [0.1, 0.15) is 0 Å². The first-order valence-corrected chi connectivity index (χ1v) is 8.32. The summed E-state index contributed by atoms with van der Waals surface area (Å²) in [6.07, 6.45) is 9.18. The van der Waals surface area contributed by atoms with Gasteiger partial charge in [-0.1, -0.05) is 31.9 Å². The molecule has 1 atom stereocenters. The molecule has 0 saturated carbocycles. The number of likely N-dealkylation sites (tertiary alicyclic amines) is 1. The van der Waals surface area contributed by atoms with E-state index in [9.17, 15) is 0 Å². The number of hydrogen-bond acceptors (Lipinski definition) is 2. The minimum Gasteiger partial charge on any atom is -0.385 e. The Balaban J connectivity index is 1.70. The molecule has 1 unspecified atom stereocenters. The van der Waals surface area contributed by atoms with Crippen molar-refractivity contribution in [2.45, 2.75) is 57.9 Å². The predicted octanol–water partition coefficient (Wildman–Crippen LogP) is 4.32. The molecular formula is C18H30N2. The molecular weight excluding hydrogens is 244 g/mol. The van der Waals surface area contributed by atoms with Crippen LogP contribution in [0.2, 0.25) is 0 Å². The normalized spacial score (nSPS) is 20.0. The zero-order valence-corrected chi connectivity index (χ0v) is 13.2. The maximum Gasteiger partial charge on any atom is 0.0340 e. The van der Waals surface area contributed by atoms with Crippen molar-refractivity contribution >= 4 is 5.69 Å². The molecule has 1 aliphatic rings. The lowest BCUT2D eigenvalue weighted by molar-refractivity contribution is 0.179. The summed E-state index contributed by atoms with van der Waals surface area (Å²) in [7, 11) is 2.27. The highest BCUT2D eigenvalue weighted by Crippen LogP contribution is 2.18. The molecule has 0 amide bonds. The third kappa shape index (κ3) is 4.82.